The molecule has 0 aliphatic rings. The number of carbonyl (C=O) groups is 1. The first-order chi connectivity index (χ1) is 10.9. The summed E-state index contributed by atoms with van der Waals surface area (Å²) in [4.78, 5) is 22.3. The number of nitrogens with one attached hydrogen (secondary N) is 2. The van der Waals surface area contributed by atoms with E-state index in [-0.39, 0.29) is 28.7 Å². The van der Waals surface area contributed by atoms with E-state index in [1.807, 2.05) is 13.8 Å². The van der Waals surface area contributed by atoms with Gasteiger partial charge in [0.1, 0.15) is 17.4 Å². The van der Waals surface area contributed by atoms with E-state index < -0.39 is 10.8 Å². The molecule has 0 heterocycles. The van der Waals surface area contributed by atoms with E-state index in [0.29, 0.717) is 0 Å². The lowest BCUT2D eigenvalue weighted by atomic mass is 10.2. The van der Waals surface area contributed by atoms with Crippen molar-refractivity contribution < 1.29 is 14.5 Å². The van der Waals surface area contributed by atoms with E-state index >= 15 is 0 Å². The number of nitro benzene ring substituents is 1. The highest BCUT2D eigenvalue weighted by Gasteiger charge is 2.15. The number of nitro groups is 1. The first-order valence-corrected chi connectivity index (χ1v) is 6.93. The van der Waals surface area contributed by atoms with E-state index in [0.717, 1.165) is 6.42 Å². The maximum atomic E-state index is 12.1. The molecule has 0 aliphatic heterocycles. The Balaban J connectivity index is 2.95. The van der Waals surface area contributed by atoms with E-state index in [1.54, 1.807) is 6.07 Å². The van der Waals surface area contributed by atoms with E-state index in [4.69, 9.17) is 10.00 Å². The van der Waals surface area contributed by atoms with Crippen molar-refractivity contribution in [1.82, 2.24) is 5.32 Å². The Morgan fingerprint density at radius 3 is 2.78 bits per heavy atom. The van der Waals surface area contributed by atoms with E-state index in [1.165, 1.54) is 31.5 Å². The zero-order valence-electron chi connectivity index (χ0n) is 13.1. The van der Waals surface area contributed by atoms with Crippen molar-refractivity contribution in [2.24, 2.45) is 0 Å². The SMILES string of the molecule is CCC(C)N/C=C(/C#N)C(=O)Nc1ccc([N+](=O)[O-])cc1OC. The van der Waals surface area contributed by atoms with E-state index in [2.05, 4.69) is 10.6 Å². The summed E-state index contributed by atoms with van der Waals surface area (Å²) < 4.78 is 5.03. The van der Waals surface area contributed by atoms with Crippen molar-refractivity contribution in [3.63, 3.8) is 0 Å². The summed E-state index contributed by atoms with van der Waals surface area (Å²) in [5.41, 5.74) is -0.0205. The lowest BCUT2D eigenvalue weighted by Gasteiger charge is -2.11. The third-order valence-electron chi connectivity index (χ3n) is 3.13. The van der Waals surface area contributed by atoms with Gasteiger partial charge in [0, 0.05) is 18.3 Å². The minimum absolute atomic E-state index is 0.106. The van der Waals surface area contributed by atoms with Crippen LogP contribution in [0.1, 0.15) is 20.3 Å². The molecule has 0 saturated carbocycles. The van der Waals surface area contributed by atoms with Gasteiger partial charge >= 0.3 is 0 Å². The number of carbonyl (C=O) groups excluding carboxylic acids is 1. The molecule has 1 atom stereocenters. The van der Waals surface area contributed by atoms with Crippen LogP contribution in [0.3, 0.4) is 0 Å². The minimum atomic E-state index is -0.629. The lowest BCUT2D eigenvalue weighted by molar-refractivity contribution is -0.384. The normalized spacial score (nSPS) is 12.0. The molecule has 2 N–H and O–H groups in total. The lowest BCUT2D eigenvalue weighted by Crippen LogP contribution is -2.22. The van der Waals surface area contributed by atoms with Crippen LogP contribution in [-0.2, 0) is 4.79 Å². The van der Waals surface area contributed by atoms with Crippen LogP contribution in [0.2, 0.25) is 0 Å². The number of non-ortho nitro benzene ring substituents is 1. The van der Waals surface area contributed by atoms with Crippen molar-refractivity contribution in [3.05, 3.63) is 40.1 Å². The van der Waals surface area contributed by atoms with Gasteiger partial charge in [-0.15, -0.1) is 0 Å². The first-order valence-electron chi connectivity index (χ1n) is 6.93. The Hall–Kier alpha value is -3.08. The highest BCUT2D eigenvalue weighted by molar-refractivity contribution is 6.07. The molecule has 0 fully saturated rings. The number of hydrogen-bond acceptors (Lipinski definition) is 6. The second-order valence-corrected chi connectivity index (χ2v) is 4.74. The molecule has 1 amide bonds. The van der Waals surface area contributed by atoms with Crippen LogP contribution in [0.5, 0.6) is 5.75 Å². The van der Waals surface area contributed by atoms with Crippen molar-refractivity contribution >= 4 is 17.3 Å². The maximum absolute atomic E-state index is 12.1. The summed E-state index contributed by atoms with van der Waals surface area (Å²) >= 11 is 0. The molecule has 23 heavy (non-hydrogen) atoms. The average molecular weight is 318 g/mol. The molecule has 1 aromatic carbocycles. The first kappa shape index (κ1) is 18.0. The molecule has 1 aromatic rings. The third kappa shape index (κ3) is 5.00. The molecule has 0 aliphatic carbocycles. The Morgan fingerprint density at radius 2 is 2.26 bits per heavy atom. The monoisotopic (exact) mass is 318 g/mol. The van der Waals surface area contributed by atoms with Gasteiger partial charge in [0.25, 0.3) is 11.6 Å². The Bertz CT molecular complexity index is 664. The number of benzene rings is 1. The van der Waals surface area contributed by atoms with E-state index in [9.17, 15) is 14.9 Å². The van der Waals surface area contributed by atoms with Gasteiger partial charge in [0.05, 0.1) is 23.8 Å². The van der Waals surface area contributed by atoms with Crippen LogP contribution >= 0.6 is 0 Å². The summed E-state index contributed by atoms with van der Waals surface area (Å²) in [5.74, 6) is -0.491. The zero-order chi connectivity index (χ0) is 17.4. The van der Waals surface area contributed by atoms with Crippen LogP contribution < -0.4 is 15.4 Å². The van der Waals surface area contributed by atoms with Gasteiger partial charge in [-0.2, -0.15) is 5.26 Å². The van der Waals surface area contributed by atoms with Crippen molar-refractivity contribution in [2.45, 2.75) is 26.3 Å². The van der Waals surface area contributed by atoms with Crippen LogP contribution in [0.25, 0.3) is 0 Å². The molecular formula is C15H18N4O4. The number of rotatable bonds is 7. The Kier molecular flexibility index (Phi) is 6.55. The number of hydrogen-bond donors (Lipinski definition) is 2. The molecule has 0 saturated heterocycles. The van der Waals surface area contributed by atoms with Gasteiger partial charge in [-0.05, 0) is 19.4 Å². The number of nitrogens with zero attached hydrogens (tertiary/aromatic N) is 2. The number of ether oxygens (including phenoxy) is 1. The quantitative estimate of drug-likeness (QED) is 0.345. The molecule has 0 spiro atoms. The summed E-state index contributed by atoms with van der Waals surface area (Å²) in [7, 11) is 1.33. The van der Waals surface area contributed by atoms with Crippen LogP contribution in [0.4, 0.5) is 11.4 Å². The predicted molar refractivity (Wildman–Crippen MR) is 84.9 cm³/mol. The predicted octanol–water partition coefficient (Wildman–Crippen LogP) is 2.34. The van der Waals surface area contributed by atoms with Gasteiger partial charge in [-0.3, -0.25) is 14.9 Å². The third-order valence-corrected chi connectivity index (χ3v) is 3.13. The smallest absolute Gasteiger partial charge is 0.273 e. The molecule has 8 nitrogen and oxygen atoms in total. The highest BCUT2D eigenvalue weighted by atomic mass is 16.6. The standard InChI is InChI=1S/C15H18N4O4/c1-4-10(2)17-9-11(8-16)15(20)18-13-6-5-12(19(21)22)7-14(13)23-3/h5-7,9-10,17H,4H2,1-3H3,(H,18,20)/b11-9-. The van der Waals surface area contributed by atoms with Gasteiger partial charge in [-0.1, -0.05) is 6.92 Å². The molecule has 0 bridgehead atoms. The maximum Gasteiger partial charge on any atom is 0.273 e. The highest BCUT2D eigenvalue weighted by Crippen LogP contribution is 2.29. The fraction of sp³-hybridized carbons (Fsp3) is 0.333. The van der Waals surface area contributed by atoms with Crippen LogP contribution in [0.15, 0.2) is 30.0 Å². The number of methoxy groups -OCH3 is 1. The molecular weight excluding hydrogens is 300 g/mol. The van der Waals surface area contributed by atoms with Crippen molar-refractivity contribution in [3.8, 4) is 11.8 Å². The van der Waals surface area contributed by atoms with Gasteiger partial charge < -0.3 is 15.4 Å². The largest absolute Gasteiger partial charge is 0.494 e. The van der Waals surface area contributed by atoms with Crippen LogP contribution in [0, 0.1) is 21.4 Å². The Morgan fingerprint density at radius 1 is 1.57 bits per heavy atom. The summed E-state index contributed by atoms with van der Waals surface area (Å²) in [5, 5.41) is 25.2. The second-order valence-electron chi connectivity index (χ2n) is 4.74. The van der Waals surface area contributed by atoms with Gasteiger partial charge in [-0.25, -0.2) is 0 Å². The number of amides is 1. The van der Waals surface area contributed by atoms with Gasteiger partial charge in [0.15, 0.2) is 0 Å². The Labute approximate surface area is 133 Å². The molecule has 1 unspecified atom stereocenters. The topological polar surface area (TPSA) is 117 Å². The zero-order valence-corrected chi connectivity index (χ0v) is 13.1. The molecule has 8 heteroatoms. The van der Waals surface area contributed by atoms with Crippen molar-refractivity contribution in [1.29, 1.82) is 5.26 Å². The number of nitriles is 1. The molecule has 122 valence electrons. The summed E-state index contributed by atoms with van der Waals surface area (Å²) in [6, 6.07) is 5.72. The second kappa shape index (κ2) is 8.38. The fourth-order valence-corrected chi connectivity index (χ4v) is 1.58. The molecule has 0 radical (unpaired) electrons. The van der Waals surface area contributed by atoms with Crippen molar-refractivity contribution in [2.75, 3.05) is 12.4 Å². The summed E-state index contributed by atoms with van der Waals surface area (Å²) in [6.07, 6.45) is 2.19. The molecule has 1 rings (SSSR count). The fourth-order valence-electron chi connectivity index (χ4n) is 1.58. The molecule has 0 aromatic heterocycles. The number of anilines is 1. The minimum Gasteiger partial charge on any atom is -0.494 e. The van der Waals surface area contributed by atoms with Crippen LogP contribution in [-0.4, -0.2) is 24.0 Å². The van der Waals surface area contributed by atoms with Gasteiger partial charge in [0.2, 0.25) is 0 Å². The summed E-state index contributed by atoms with van der Waals surface area (Å²) in [6.45, 7) is 3.89. The average Bonchev–Trinajstić information content (AvgIpc) is 2.55.